The third-order valence-corrected chi connectivity index (χ3v) is 5.12. The molecule has 0 spiro atoms. The van der Waals surface area contributed by atoms with Gasteiger partial charge in [0.15, 0.2) is 5.25 Å². The maximum atomic E-state index is 13.5. The lowest BCUT2D eigenvalue weighted by Gasteiger charge is -2.20. The van der Waals surface area contributed by atoms with Gasteiger partial charge in [-0.25, -0.2) is 12.8 Å². The van der Waals surface area contributed by atoms with Crippen molar-refractivity contribution < 1.29 is 22.7 Å². The van der Waals surface area contributed by atoms with Crippen LogP contribution in [0.3, 0.4) is 0 Å². The zero-order chi connectivity index (χ0) is 14.8. The molecule has 1 unspecified atom stereocenters. The van der Waals surface area contributed by atoms with E-state index in [9.17, 15) is 17.6 Å². The molecule has 0 heterocycles. The lowest BCUT2D eigenvalue weighted by molar-refractivity contribution is -0.136. The van der Waals surface area contributed by atoms with E-state index in [0.29, 0.717) is 0 Å². The Balaban J connectivity index is 3.04. The van der Waals surface area contributed by atoms with E-state index in [-0.39, 0.29) is 17.1 Å². The van der Waals surface area contributed by atoms with Gasteiger partial charge in [-0.05, 0) is 19.1 Å². The standard InChI is InChI=1S/C11H13ClFNO4S/c1-7(11(15)16)19(17,18)14(2)6-8-9(12)4-3-5-10(8)13/h3-5,7H,6H2,1-2H3,(H,15,16). The summed E-state index contributed by atoms with van der Waals surface area (Å²) in [5.41, 5.74) is 0.00725. The van der Waals surface area contributed by atoms with Crippen LogP contribution >= 0.6 is 11.6 Å². The number of carbonyl (C=O) groups is 1. The average Bonchev–Trinajstić information content (AvgIpc) is 2.32. The molecule has 8 heteroatoms. The molecule has 1 N–H and O–H groups in total. The van der Waals surface area contributed by atoms with Crippen molar-refractivity contribution in [1.29, 1.82) is 0 Å². The first-order valence-corrected chi connectivity index (χ1v) is 7.17. The predicted octanol–water partition coefficient (Wildman–Crippen LogP) is 1.71. The van der Waals surface area contributed by atoms with E-state index < -0.39 is 27.1 Å². The van der Waals surface area contributed by atoms with Gasteiger partial charge >= 0.3 is 5.97 Å². The fraction of sp³-hybridized carbons (Fsp3) is 0.364. The first kappa shape index (κ1) is 15.9. The van der Waals surface area contributed by atoms with Gasteiger partial charge in [-0.1, -0.05) is 17.7 Å². The minimum Gasteiger partial charge on any atom is -0.480 e. The second-order valence-electron chi connectivity index (χ2n) is 3.98. The Morgan fingerprint density at radius 2 is 2.11 bits per heavy atom. The summed E-state index contributed by atoms with van der Waals surface area (Å²) in [7, 11) is -2.88. The monoisotopic (exact) mass is 309 g/mol. The molecule has 1 aromatic rings. The van der Waals surface area contributed by atoms with Gasteiger partial charge in [0.2, 0.25) is 10.0 Å². The van der Waals surface area contributed by atoms with Gasteiger partial charge in [0.05, 0.1) is 0 Å². The zero-order valence-electron chi connectivity index (χ0n) is 10.3. The SMILES string of the molecule is CC(C(=O)O)S(=O)(=O)N(C)Cc1c(F)cccc1Cl. The van der Waals surface area contributed by atoms with E-state index in [0.717, 1.165) is 17.3 Å². The molecule has 0 aliphatic heterocycles. The molecule has 1 rings (SSSR count). The Labute approximate surface area is 115 Å². The van der Waals surface area contributed by atoms with E-state index in [4.69, 9.17) is 16.7 Å². The summed E-state index contributed by atoms with van der Waals surface area (Å²) >= 11 is 5.79. The summed E-state index contributed by atoms with van der Waals surface area (Å²) in [5.74, 6) is -2.11. The molecule has 5 nitrogen and oxygen atoms in total. The summed E-state index contributed by atoms with van der Waals surface area (Å²) in [6.45, 7) is 0.725. The number of nitrogens with zero attached hydrogens (tertiary/aromatic N) is 1. The molecule has 106 valence electrons. The van der Waals surface area contributed by atoms with E-state index in [1.165, 1.54) is 19.2 Å². The number of halogens is 2. The fourth-order valence-corrected chi connectivity index (χ4v) is 2.72. The summed E-state index contributed by atoms with van der Waals surface area (Å²) in [5, 5.41) is 7.22. The first-order chi connectivity index (χ1) is 8.67. The van der Waals surface area contributed by atoms with Gasteiger partial charge in [-0.15, -0.1) is 0 Å². The molecule has 0 aliphatic rings. The lowest BCUT2D eigenvalue weighted by atomic mass is 10.2. The highest BCUT2D eigenvalue weighted by atomic mass is 35.5. The van der Waals surface area contributed by atoms with Crippen LogP contribution in [0, 0.1) is 5.82 Å². The Kier molecular flexibility index (Phi) is 4.89. The van der Waals surface area contributed by atoms with E-state index in [1.54, 1.807) is 0 Å². The summed E-state index contributed by atoms with van der Waals surface area (Å²) < 4.78 is 38.1. The van der Waals surface area contributed by atoms with Crippen LogP contribution in [0.15, 0.2) is 18.2 Å². The molecule has 0 radical (unpaired) electrons. The molecule has 0 aliphatic carbocycles. The average molecular weight is 310 g/mol. The number of rotatable bonds is 5. The summed E-state index contributed by atoms with van der Waals surface area (Å²) in [4.78, 5) is 10.7. The van der Waals surface area contributed by atoms with Crippen molar-refractivity contribution in [1.82, 2.24) is 4.31 Å². The Bertz CT molecular complexity index is 570. The highest BCUT2D eigenvalue weighted by molar-refractivity contribution is 7.90. The maximum Gasteiger partial charge on any atom is 0.323 e. The molecule has 0 saturated carbocycles. The topological polar surface area (TPSA) is 74.7 Å². The number of carboxylic acid groups (broad SMARTS) is 1. The Morgan fingerprint density at radius 3 is 2.58 bits per heavy atom. The number of aliphatic carboxylic acids is 1. The molecular weight excluding hydrogens is 297 g/mol. The molecule has 19 heavy (non-hydrogen) atoms. The van der Waals surface area contributed by atoms with Gasteiger partial charge in [0.1, 0.15) is 5.82 Å². The van der Waals surface area contributed by atoms with Crippen molar-refractivity contribution in [2.24, 2.45) is 0 Å². The minimum absolute atomic E-state index is 0.00725. The molecule has 0 bridgehead atoms. The van der Waals surface area contributed by atoms with Gasteiger partial charge in [-0.2, -0.15) is 4.31 Å². The maximum absolute atomic E-state index is 13.5. The van der Waals surface area contributed by atoms with Crippen molar-refractivity contribution in [2.45, 2.75) is 18.7 Å². The number of benzene rings is 1. The van der Waals surface area contributed by atoms with Crippen LogP contribution < -0.4 is 0 Å². The highest BCUT2D eigenvalue weighted by Crippen LogP contribution is 2.22. The van der Waals surface area contributed by atoms with Crippen LogP contribution in [0.2, 0.25) is 5.02 Å². The smallest absolute Gasteiger partial charge is 0.323 e. The van der Waals surface area contributed by atoms with Crippen LogP contribution in [0.25, 0.3) is 0 Å². The third-order valence-electron chi connectivity index (χ3n) is 2.67. The van der Waals surface area contributed by atoms with Gasteiger partial charge in [-0.3, -0.25) is 4.79 Å². The Morgan fingerprint density at radius 1 is 1.53 bits per heavy atom. The molecule has 0 aromatic heterocycles. The summed E-state index contributed by atoms with van der Waals surface area (Å²) in [6.07, 6.45) is 0. The van der Waals surface area contributed by atoms with E-state index in [1.807, 2.05) is 0 Å². The molecule has 1 aromatic carbocycles. The van der Waals surface area contributed by atoms with Crippen LogP contribution in [0.5, 0.6) is 0 Å². The van der Waals surface area contributed by atoms with Gasteiger partial charge in [0, 0.05) is 24.2 Å². The second kappa shape index (κ2) is 5.85. The van der Waals surface area contributed by atoms with Crippen molar-refractivity contribution in [3.63, 3.8) is 0 Å². The molecular formula is C11H13ClFNO4S. The molecule has 0 amide bonds. The van der Waals surface area contributed by atoms with Crippen molar-refractivity contribution in [3.8, 4) is 0 Å². The second-order valence-corrected chi connectivity index (χ2v) is 6.75. The highest BCUT2D eigenvalue weighted by Gasteiger charge is 2.32. The van der Waals surface area contributed by atoms with Crippen molar-refractivity contribution in [2.75, 3.05) is 7.05 Å². The van der Waals surface area contributed by atoms with Crippen LogP contribution in [0.4, 0.5) is 4.39 Å². The lowest BCUT2D eigenvalue weighted by Crippen LogP contribution is -2.38. The quantitative estimate of drug-likeness (QED) is 0.898. The third kappa shape index (κ3) is 3.43. The molecule has 0 saturated heterocycles. The largest absolute Gasteiger partial charge is 0.480 e. The van der Waals surface area contributed by atoms with Crippen molar-refractivity contribution >= 4 is 27.6 Å². The Hall–Kier alpha value is -1.18. The number of carboxylic acids is 1. The summed E-state index contributed by atoms with van der Waals surface area (Å²) in [6, 6.07) is 3.99. The first-order valence-electron chi connectivity index (χ1n) is 5.28. The van der Waals surface area contributed by atoms with E-state index >= 15 is 0 Å². The molecule has 1 atom stereocenters. The predicted molar refractivity (Wildman–Crippen MR) is 68.9 cm³/mol. The normalized spacial score (nSPS) is 13.5. The van der Waals surface area contributed by atoms with Gasteiger partial charge in [0.25, 0.3) is 0 Å². The van der Waals surface area contributed by atoms with Crippen LogP contribution in [0.1, 0.15) is 12.5 Å². The van der Waals surface area contributed by atoms with Crippen molar-refractivity contribution in [3.05, 3.63) is 34.6 Å². The number of sulfonamides is 1. The van der Waals surface area contributed by atoms with Gasteiger partial charge < -0.3 is 5.11 Å². The minimum atomic E-state index is -4.06. The molecule has 0 fully saturated rings. The zero-order valence-corrected chi connectivity index (χ0v) is 11.9. The van der Waals surface area contributed by atoms with E-state index in [2.05, 4.69) is 0 Å². The fourth-order valence-electron chi connectivity index (χ4n) is 1.39. The number of hydrogen-bond donors (Lipinski definition) is 1. The number of hydrogen-bond acceptors (Lipinski definition) is 3. The van der Waals surface area contributed by atoms with Crippen LogP contribution in [-0.2, 0) is 21.4 Å². The van der Waals surface area contributed by atoms with Crippen LogP contribution in [-0.4, -0.2) is 36.1 Å².